The molecule has 0 radical (unpaired) electrons. The molecule has 12 heteroatoms. The summed E-state index contributed by atoms with van der Waals surface area (Å²) in [6.07, 6.45) is 8.89. The summed E-state index contributed by atoms with van der Waals surface area (Å²) in [4.78, 5) is 31.4. The number of rotatable bonds is 4. The Morgan fingerprint density at radius 1 is 1.02 bits per heavy atom. The van der Waals surface area contributed by atoms with Gasteiger partial charge in [-0.3, -0.25) is 14.2 Å². The van der Waals surface area contributed by atoms with Crippen LogP contribution < -0.4 is 4.90 Å². The number of anilines is 2. The molecule has 4 aliphatic rings. The number of amides is 2. The summed E-state index contributed by atoms with van der Waals surface area (Å²) in [5, 5.41) is 9.56. The first-order chi connectivity index (χ1) is 23.3. The molecule has 2 fully saturated rings. The summed E-state index contributed by atoms with van der Waals surface area (Å²) in [6.45, 7) is 10.5. The Bertz CT molecular complexity index is 1730. The van der Waals surface area contributed by atoms with E-state index in [9.17, 15) is 18.4 Å². The lowest BCUT2D eigenvalue weighted by molar-refractivity contribution is -0.129. The molecule has 2 amide bonds. The molecule has 1 aromatic carbocycles. The molecule has 0 bridgehead atoms. The van der Waals surface area contributed by atoms with Gasteiger partial charge in [-0.05, 0) is 101 Å². The lowest BCUT2D eigenvalue weighted by Crippen LogP contribution is -2.49. The first-order valence-corrected chi connectivity index (χ1v) is 17.9. The molecule has 0 atom stereocenters. The zero-order chi connectivity index (χ0) is 34.7. The number of nitrogens with zero attached hydrogens (tertiary/aromatic N) is 7. The van der Waals surface area contributed by atoms with Gasteiger partial charge in [-0.15, -0.1) is 0 Å². The highest BCUT2D eigenvalue weighted by atomic mass is 19.3. The fourth-order valence-electron chi connectivity index (χ4n) is 8.63. The number of aryl methyl sites for hydroxylation is 2. The molecular weight excluding hydrogens is 628 g/mol. The van der Waals surface area contributed by atoms with Gasteiger partial charge in [0.05, 0.1) is 18.8 Å². The Labute approximate surface area is 287 Å². The number of carbonyl (C=O) groups excluding carboxylic acids is 2. The molecule has 1 saturated heterocycles. The van der Waals surface area contributed by atoms with Crippen LogP contribution in [0, 0.1) is 5.41 Å². The number of alkyl halides is 2. The minimum Gasteiger partial charge on any atom is -0.444 e. The number of ether oxygens (including phenoxy) is 1. The van der Waals surface area contributed by atoms with E-state index in [1.165, 1.54) is 0 Å². The van der Waals surface area contributed by atoms with Crippen LogP contribution in [0.15, 0.2) is 24.5 Å². The molecule has 0 N–H and O–H groups in total. The lowest BCUT2D eigenvalue weighted by atomic mass is 9.68. The minimum atomic E-state index is -2.65. The Hall–Kier alpha value is -3.96. The second-order valence-corrected chi connectivity index (χ2v) is 15.6. The molecule has 49 heavy (non-hydrogen) atoms. The quantitative estimate of drug-likeness (QED) is 0.287. The molecule has 264 valence electrons. The number of carbonyl (C=O) groups is 2. The minimum absolute atomic E-state index is 0.0113. The summed E-state index contributed by atoms with van der Waals surface area (Å²) >= 11 is 0. The number of halogens is 2. The van der Waals surface area contributed by atoms with Crippen LogP contribution in [0.3, 0.4) is 0 Å². The van der Waals surface area contributed by atoms with Crippen LogP contribution in [-0.2, 0) is 36.0 Å². The van der Waals surface area contributed by atoms with Gasteiger partial charge in [0.15, 0.2) is 5.82 Å². The predicted octanol–water partition coefficient (Wildman–Crippen LogP) is 7.34. The van der Waals surface area contributed by atoms with Gasteiger partial charge in [-0.1, -0.05) is 0 Å². The number of hydrogen-bond donors (Lipinski definition) is 0. The zero-order valence-corrected chi connectivity index (χ0v) is 29.5. The molecule has 1 spiro atoms. The summed E-state index contributed by atoms with van der Waals surface area (Å²) in [7, 11) is 1.79. The summed E-state index contributed by atoms with van der Waals surface area (Å²) in [6, 6.07) is 3.77. The molecular formula is C37H49F2N7O3. The van der Waals surface area contributed by atoms with E-state index in [1.54, 1.807) is 37.1 Å². The summed E-state index contributed by atoms with van der Waals surface area (Å²) in [5.41, 5.74) is 4.71. The van der Waals surface area contributed by atoms with Gasteiger partial charge in [0, 0.05) is 80.8 Å². The van der Waals surface area contributed by atoms with Crippen molar-refractivity contribution in [1.29, 1.82) is 0 Å². The van der Waals surface area contributed by atoms with Crippen molar-refractivity contribution in [2.24, 2.45) is 12.5 Å². The van der Waals surface area contributed by atoms with E-state index in [0.717, 1.165) is 92.8 Å². The Balaban J connectivity index is 1.20. The van der Waals surface area contributed by atoms with Crippen LogP contribution in [0.1, 0.15) is 107 Å². The fraction of sp³-hybridized carbons (Fsp3) is 0.622. The van der Waals surface area contributed by atoms with Gasteiger partial charge < -0.3 is 19.4 Å². The molecule has 1 saturated carbocycles. The van der Waals surface area contributed by atoms with E-state index < -0.39 is 12.0 Å². The maximum Gasteiger partial charge on any atom is 0.410 e. The fourth-order valence-corrected chi connectivity index (χ4v) is 8.63. The van der Waals surface area contributed by atoms with E-state index in [-0.39, 0.29) is 29.0 Å². The normalized spacial score (nSPS) is 22.8. The van der Waals surface area contributed by atoms with Gasteiger partial charge in [-0.2, -0.15) is 10.2 Å². The molecule has 2 aromatic heterocycles. The Morgan fingerprint density at radius 3 is 2.47 bits per heavy atom. The third kappa shape index (κ3) is 6.55. The molecule has 5 heterocycles. The maximum atomic E-state index is 14.6. The van der Waals surface area contributed by atoms with Gasteiger partial charge >= 0.3 is 6.09 Å². The topological polar surface area (TPSA) is 88.7 Å². The van der Waals surface area contributed by atoms with Crippen LogP contribution >= 0.6 is 0 Å². The first-order valence-electron chi connectivity index (χ1n) is 17.9. The third-order valence-electron chi connectivity index (χ3n) is 11.1. The van der Waals surface area contributed by atoms with Gasteiger partial charge in [0.1, 0.15) is 5.60 Å². The monoisotopic (exact) mass is 677 g/mol. The van der Waals surface area contributed by atoms with E-state index in [1.807, 2.05) is 36.6 Å². The number of fused-ring (bicyclic) bond motifs is 2. The van der Waals surface area contributed by atoms with Crippen molar-refractivity contribution in [3.8, 4) is 11.1 Å². The lowest BCUT2D eigenvalue weighted by Gasteiger charge is -2.47. The SMILES string of the molecule is CC(=O)N1CCc2c(c(N3CCCc4cc(-c5cnn(C)c5)c(C(F)F)cc43)nn2C2CCC3(CCCN(C(=O)OC(C)(C)C)C3)CC2)C1. The van der Waals surface area contributed by atoms with Crippen molar-refractivity contribution in [2.45, 2.75) is 110 Å². The van der Waals surface area contributed by atoms with Crippen LogP contribution in [0.5, 0.6) is 0 Å². The summed E-state index contributed by atoms with van der Waals surface area (Å²) < 4.78 is 38.8. The highest BCUT2D eigenvalue weighted by Gasteiger charge is 2.43. The van der Waals surface area contributed by atoms with Crippen molar-refractivity contribution in [1.82, 2.24) is 29.4 Å². The van der Waals surface area contributed by atoms with E-state index in [4.69, 9.17) is 9.84 Å². The molecule has 0 unspecified atom stereocenters. The number of aromatic nitrogens is 4. The second kappa shape index (κ2) is 12.7. The smallest absolute Gasteiger partial charge is 0.410 e. The van der Waals surface area contributed by atoms with Crippen LogP contribution in [0.2, 0.25) is 0 Å². The number of benzene rings is 1. The summed E-state index contributed by atoms with van der Waals surface area (Å²) in [5.74, 6) is 0.807. The van der Waals surface area contributed by atoms with Crippen LogP contribution in [-0.4, -0.2) is 73.1 Å². The largest absolute Gasteiger partial charge is 0.444 e. The van der Waals surface area contributed by atoms with Crippen LogP contribution in [0.4, 0.5) is 25.1 Å². The first kappa shape index (κ1) is 33.5. The van der Waals surface area contributed by atoms with Gasteiger partial charge in [-0.25, -0.2) is 13.6 Å². The Morgan fingerprint density at radius 2 is 1.80 bits per heavy atom. The van der Waals surface area contributed by atoms with Gasteiger partial charge in [0.2, 0.25) is 5.91 Å². The highest BCUT2D eigenvalue weighted by molar-refractivity contribution is 5.78. The van der Waals surface area contributed by atoms with Crippen LogP contribution in [0.25, 0.3) is 11.1 Å². The molecule has 3 aromatic rings. The molecule has 3 aliphatic heterocycles. The van der Waals surface area contributed by atoms with E-state index >= 15 is 0 Å². The van der Waals surface area contributed by atoms with E-state index in [2.05, 4.69) is 14.7 Å². The third-order valence-corrected chi connectivity index (χ3v) is 11.1. The highest BCUT2D eigenvalue weighted by Crippen LogP contribution is 2.49. The number of likely N-dealkylation sites (tertiary alicyclic amines) is 1. The predicted molar refractivity (Wildman–Crippen MR) is 183 cm³/mol. The maximum absolute atomic E-state index is 14.6. The Kier molecular flexibility index (Phi) is 8.71. The van der Waals surface area contributed by atoms with Gasteiger partial charge in [0.25, 0.3) is 6.43 Å². The van der Waals surface area contributed by atoms with Crippen molar-refractivity contribution < 1.29 is 23.1 Å². The van der Waals surface area contributed by atoms with Crippen molar-refractivity contribution >= 4 is 23.5 Å². The van der Waals surface area contributed by atoms with Crippen molar-refractivity contribution in [3.05, 3.63) is 46.9 Å². The average Bonchev–Trinajstić information content (AvgIpc) is 3.67. The van der Waals surface area contributed by atoms with Crippen molar-refractivity contribution in [3.63, 3.8) is 0 Å². The zero-order valence-electron chi connectivity index (χ0n) is 29.5. The van der Waals surface area contributed by atoms with E-state index in [0.29, 0.717) is 37.2 Å². The number of piperidine rings is 1. The standard InChI is InChI=1S/C37H49F2N7O3/c1-24(47)43-17-11-31-30(22-43)34(45-16-6-8-25-18-28(26-20-40-42(5)21-26)29(33(38)39)19-32(25)45)41-46(31)27-9-13-37(14-10-27)12-7-15-44(23-37)35(48)49-36(2,3)4/h18-21,27,33H,6-17,22-23H2,1-5H3. The molecule has 7 rings (SSSR count). The number of hydrogen-bond acceptors (Lipinski definition) is 6. The molecule has 10 nitrogen and oxygen atoms in total. The van der Waals surface area contributed by atoms with Crippen molar-refractivity contribution in [2.75, 3.05) is 31.1 Å². The molecule has 1 aliphatic carbocycles. The average molecular weight is 678 g/mol. The second-order valence-electron chi connectivity index (χ2n) is 15.6.